The van der Waals surface area contributed by atoms with Gasteiger partial charge in [0.15, 0.2) is 12.3 Å². The van der Waals surface area contributed by atoms with Gasteiger partial charge in [0, 0.05) is 12.4 Å². The molecule has 0 atom stereocenters. The molecular formula is C15H10N4O2. The number of ether oxygens (including phenoxy) is 1. The van der Waals surface area contributed by atoms with Crippen LogP contribution in [-0.2, 0) is 0 Å². The van der Waals surface area contributed by atoms with Crippen molar-refractivity contribution in [3.8, 4) is 23.1 Å². The maximum absolute atomic E-state index is 12.6. The molecule has 3 aromatic rings. The number of benzene rings is 1. The van der Waals surface area contributed by atoms with Gasteiger partial charge in [-0.25, -0.2) is 0 Å². The van der Waals surface area contributed by atoms with Crippen LogP contribution in [0.15, 0.2) is 53.7 Å². The van der Waals surface area contributed by atoms with E-state index in [2.05, 4.69) is 9.97 Å². The van der Waals surface area contributed by atoms with Crippen LogP contribution in [0.1, 0.15) is 0 Å². The zero-order valence-electron chi connectivity index (χ0n) is 10.9. The van der Waals surface area contributed by atoms with Gasteiger partial charge >= 0.3 is 0 Å². The Bertz CT molecular complexity index is 882. The average Bonchev–Trinajstić information content (AvgIpc) is 2.54. The van der Waals surface area contributed by atoms with Crippen molar-refractivity contribution in [2.75, 3.05) is 6.61 Å². The molecule has 0 fully saturated rings. The van der Waals surface area contributed by atoms with Gasteiger partial charge in [0.2, 0.25) is 5.88 Å². The minimum atomic E-state index is -0.262. The minimum absolute atomic E-state index is 0.140. The lowest BCUT2D eigenvalue weighted by Gasteiger charge is -2.10. The zero-order chi connectivity index (χ0) is 14.7. The summed E-state index contributed by atoms with van der Waals surface area (Å²) in [5.74, 6) is 0.140. The second-order valence-corrected chi connectivity index (χ2v) is 4.21. The van der Waals surface area contributed by atoms with E-state index >= 15 is 0 Å². The first-order valence-electron chi connectivity index (χ1n) is 6.23. The van der Waals surface area contributed by atoms with Crippen molar-refractivity contribution in [2.24, 2.45) is 0 Å². The molecule has 0 N–H and O–H groups in total. The van der Waals surface area contributed by atoms with E-state index in [4.69, 9.17) is 10.00 Å². The van der Waals surface area contributed by atoms with Gasteiger partial charge in [-0.2, -0.15) is 10.2 Å². The molecule has 0 spiro atoms. The summed E-state index contributed by atoms with van der Waals surface area (Å²) >= 11 is 0. The second-order valence-electron chi connectivity index (χ2n) is 4.21. The van der Waals surface area contributed by atoms with Gasteiger partial charge in [-0.05, 0) is 5.56 Å². The highest BCUT2D eigenvalue weighted by Gasteiger charge is 2.15. The third kappa shape index (κ3) is 2.32. The lowest BCUT2D eigenvalue weighted by molar-refractivity contribution is 0.355. The van der Waals surface area contributed by atoms with Crippen LogP contribution in [0.2, 0.25) is 0 Å². The predicted molar refractivity (Wildman–Crippen MR) is 75.8 cm³/mol. The van der Waals surface area contributed by atoms with Crippen molar-refractivity contribution in [3.63, 3.8) is 0 Å². The van der Waals surface area contributed by atoms with E-state index in [1.807, 2.05) is 24.3 Å². The first-order valence-corrected chi connectivity index (χ1v) is 6.23. The summed E-state index contributed by atoms with van der Waals surface area (Å²) in [7, 11) is 0. The molecule has 1 aromatic carbocycles. The van der Waals surface area contributed by atoms with Crippen molar-refractivity contribution in [1.29, 1.82) is 5.26 Å². The number of aromatic nitrogens is 3. The normalized spacial score (nSPS) is 10.2. The number of nitrogens with zero attached hydrogens (tertiary/aromatic N) is 4. The fourth-order valence-electron chi connectivity index (χ4n) is 2.04. The molecule has 2 aromatic heterocycles. The molecule has 0 bridgehead atoms. The van der Waals surface area contributed by atoms with Gasteiger partial charge in [-0.3, -0.25) is 14.2 Å². The number of hydrogen-bond donors (Lipinski definition) is 0. The minimum Gasteiger partial charge on any atom is -0.462 e. The smallest absolute Gasteiger partial charge is 0.269 e. The van der Waals surface area contributed by atoms with Crippen molar-refractivity contribution in [2.45, 2.75) is 0 Å². The van der Waals surface area contributed by atoms with Gasteiger partial charge in [-0.1, -0.05) is 30.3 Å². The topological polar surface area (TPSA) is 80.3 Å². The Morgan fingerprint density at radius 3 is 2.86 bits per heavy atom. The molecule has 0 unspecified atom stereocenters. The number of hydrogen-bond acceptors (Lipinski definition) is 5. The Balaban J connectivity index is 2.32. The number of nitriles is 1. The van der Waals surface area contributed by atoms with E-state index in [0.29, 0.717) is 16.8 Å². The molecule has 6 heteroatoms. The summed E-state index contributed by atoms with van der Waals surface area (Å²) in [6.07, 6.45) is 4.53. The van der Waals surface area contributed by atoms with Crippen LogP contribution in [0.25, 0.3) is 16.8 Å². The third-order valence-electron chi connectivity index (χ3n) is 2.94. The van der Waals surface area contributed by atoms with Gasteiger partial charge in [0.05, 0.1) is 6.20 Å². The zero-order valence-corrected chi connectivity index (χ0v) is 10.9. The maximum Gasteiger partial charge on any atom is 0.269 e. The van der Waals surface area contributed by atoms with Gasteiger partial charge in [0.1, 0.15) is 11.6 Å². The monoisotopic (exact) mass is 278 g/mol. The lowest BCUT2D eigenvalue weighted by Crippen LogP contribution is -2.19. The maximum atomic E-state index is 12.6. The fraction of sp³-hybridized carbons (Fsp3) is 0.0667. The van der Waals surface area contributed by atoms with Crippen LogP contribution < -0.4 is 10.3 Å². The molecule has 102 valence electrons. The molecule has 0 saturated carbocycles. The Morgan fingerprint density at radius 1 is 1.29 bits per heavy atom. The molecule has 0 radical (unpaired) electrons. The molecule has 6 nitrogen and oxygen atoms in total. The summed E-state index contributed by atoms with van der Waals surface area (Å²) in [5.41, 5.74) is 1.13. The fourth-order valence-corrected chi connectivity index (χ4v) is 2.04. The summed E-state index contributed by atoms with van der Waals surface area (Å²) in [5, 5.41) is 8.67. The molecule has 0 saturated heterocycles. The molecular weight excluding hydrogens is 268 g/mol. The van der Waals surface area contributed by atoms with E-state index in [-0.39, 0.29) is 18.0 Å². The van der Waals surface area contributed by atoms with Crippen molar-refractivity contribution < 1.29 is 4.74 Å². The second kappa shape index (κ2) is 5.43. The molecule has 3 rings (SSSR count). The molecule has 0 aliphatic carbocycles. The van der Waals surface area contributed by atoms with Gasteiger partial charge < -0.3 is 4.74 Å². The Morgan fingerprint density at radius 2 is 2.10 bits per heavy atom. The summed E-state index contributed by atoms with van der Waals surface area (Å²) < 4.78 is 6.71. The highest BCUT2D eigenvalue weighted by molar-refractivity contribution is 5.69. The highest BCUT2D eigenvalue weighted by atomic mass is 16.5. The largest absolute Gasteiger partial charge is 0.462 e. The van der Waals surface area contributed by atoms with Crippen LogP contribution in [0.5, 0.6) is 5.88 Å². The standard InChI is InChI=1S/C15H10N4O2/c16-6-9-21-14-13(11-4-2-1-3-5-11)15(20)19-8-7-17-10-12(19)18-14/h1-5,7-8,10H,9H2. The van der Waals surface area contributed by atoms with Crippen LogP contribution in [-0.4, -0.2) is 21.0 Å². The van der Waals surface area contributed by atoms with Crippen molar-refractivity contribution in [1.82, 2.24) is 14.4 Å². The summed E-state index contributed by atoms with van der Waals surface area (Å²) in [4.78, 5) is 20.9. The molecule has 0 amide bonds. The Hall–Kier alpha value is -3.20. The first kappa shape index (κ1) is 12.8. The molecule has 2 heterocycles. The van der Waals surface area contributed by atoms with Crippen molar-refractivity contribution >= 4 is 5.65 Å². The van der Waals surface area contributed by atoms with Crippen LogP contribution in [0, 0.1) is 11.3 Å². The van der Waals surface area contributed by atoms with Crippen LogP contribution in [0.3, 0.4) is 0 Å². The van der Waals surface area contributed by atoms with E-state index in [0.717, 1.165) is 0 Å². The molecule has 0 aliphatic heterocycles. The third-order valence-corrected chi connectivity index (χ3v) is 2.94. The molecule has 0 aliphatic rings. The van der Waals surface area contributed by atoms with Crippen LogP contribution >= 0.6 is 0 Å². The highest BCUT2D eigenvalue weighted by Crippen LogP contribution is 2.24. The lowest BCUT2D eigenvalue weighted by atomic mass is 10.1. The number of rotatable bonds is 3. The average molecular weight is 278 g/mol. The Labute approximate surface area is 119 Å². The van der Waals surface area contributed by atoms with Crippen LogP contribution in [0.4, 0.5) is 0 Å². The van der Waals surface area contributed by atoms with Gasteiger partial charge in [-0.15, -0.1) is 0 Å². The Kier molecular flexibility index (Phi) is 3.31. The summed E-state index contributed by atoms with van der Waals surface area (Å²) in [6.45, 7) is -0.178. The van der Waals surface area contributed by atoms with E-state index < -0.39 is 0 Å². The number of fused-ring (bicyclic) bond motifs is 1. The molecule has 21 heavy (non-hydrogen) atoms. The van der Waals surface area contributed by atoms with E-state index in [1.165, 1.54) is 16.8 Å². The first-order chi connectivity index (χ1) is 10.3. The SMILES string of the molecule is N#CCOc1nc2cnccn2c(=O)c1-c1ccccc1. The van der Waals surface area contributed by atoms with Crippen molar-refractivity contribution in [3.05, 3.63) is 59.3 Å². The van der Waals surface area contributed by atoms with Gasteiger partial charge in [0.25, 0.3) is 5.56 Å². The summed E-state index contributed by atoms with van der Waals surface area (Å²) in [6, 6.07) is 11.0. The van der Waals surface area contributed by atoms with E-state index in [9.17, 15) is 4.79 Å². The quantitative estimate of drug-likeness (QED) is 0.727. The predicted octanol–water partition coefficient (Wildman–Crippen LogP) is 1.66. The van der Waals surface area contributed by atoms with E-state index in [1.54, 1.807) is 18.3 Å².